The maximum atomic E-state index is 12.5. The fourth-order valence-electron chi connectivity index (χ4n) is 2.82. The summed E-state index contributed by atoms with van der Waals surface area (Å²) in [4.78, 5) is 14.5. The summed E-state index contributed by atoms with van der Waals surface area (Å²) in [5.41, 5.74) is 0.948. The second-order valence-electron chi connectivity index (χ2n) is 6.31. The molecule has 27 heavy (non-hydrogen) atoms. The molecular weight excluding hydrogens is 392 g/mol. The highest BCUT2D eigenvalue weighted by atomic mass is 35.5. The fourth-order valence-corrected chi connectivity index (χ4v) is 4.08. The van der Waals surface area contributed by atoms with Gasteiger partial charge in [-0.25, -0.2) is 8.42 Å². The van der Waals surface area contributed by atoms with Crippen LogP contribution in [0.25, 0.3) is 0 Å². The van der Waals surface area contributed by atoms with Crippen molar-refractivity contribution < 1.29 is 13.3 Å². The van der Waals surface area contributed by atoms with Crippen molar-refractivity contribution in [1.29, 1.82) is 0 Å². The van der Waals surface area contributed by atoms with E-state index in [9.17, 15) is 18.5 Å². The first-order valence-corrected chi connectivity index (χ1v) is 10.1. The highest BCUT2D eigenvalue weighted by molar-refractivity contribution is 7.92. The van der Waals surface area contributed by atoms with Gasteiger partial charge in [0.2, 0.25) is 0 Å². The summed E-state index contributed by atoms with van der Waals surface area (Å²) >= 11 is 5.74. The zero-order valence-corrected chi connectivity index (χ0v) is 16.2. The van der Waals surface area contributed by atoms with Gasteiger partial charge in [-0.05, 0) is 43.4 Å². The lowest BCUT2D eigenvalue weighted by atomic mass is 10.2. The Hall–Kier alpha value is -2.36. The summed E-state index contributed by atoms with van der Waals surface area (Å²) in [6.45, 7) is 3.78. The standard InChI is InChI=1S/C17H19ClN4O4S/c1-20-8-10-21(11-9-20)14-4-2-13(3-5-14)19-27(25,26)15-6-7-16(18)17(12-15)22(23)24/h2-7,12,19H,8-11H2,1H3. The maximum Gasteiger partial charge on any atom is 0.289 e. The van der Waals surface area contributed by atoms with Crippen molar-refractivity contribution in [2.45, 2.75) is 4.90 Å². The van der Waals surface area contributed by atoms with Crippen molar-refractivity contribution >= 4 is 38.7 Å². The average molecular weight is 411 g/mol. The zero-order valence-electron chi connectivity index (χ0n) is 14.6. The number of sulfonamides is 1. The fraction of sp³-hybridized carbons (Fsp3) is 0.294. The molecule has 2 aromatic rings. The second-order valence-corrected chi connectivity index (χ2v) is 8.40. The Balaban J connectivity index is 1.76. The molecular formula is C17H19ClN4O4S. The lowest BCUT2D eigenvalue weighted by Gasteiger charge is -2.34. The van der Waals surface area contributed by atoms with E-state index in [1.807, 2.05) is 12.1 Å². The van der Waals surface area contributed by atoms with Crippen LogP contribution in [-0.4, -0.2) is 51.5 Å². The van der Waals surface area contributed by atoms with E-state index in [4.69, 9.17) is 11.6 Å². The topological polar surface area (TPSA) is 95.8 Å². The van der Waals surface area contributed by atoms with E-state index in [2.05, 4.69) is 21.6 Å². The monoisotopic (exact) mass is 410 g/mol. The molecule has 0 unspecified atom stereocenters. The Labute approximate surface area is 162 Å². The molecule has 10 heteroatoms. The second kappa shape index (κ2) is 7.71. The zero-order chi connectivity index (χ0) is 19.6. The molecule has 0 radical (unpaired) electrons. The summed E-state index contributed by atoms with van der Waals surface area (Å²) in [7, 11) is -1.88. The van der Waals surface area contributed by atoms with Gasteiger partial charge >= 0.3 is 0 Å². The number of rotatable bonds is 5. The van der Waals surface area contributed by atoms with Gasteiger partial charge in [0.05, 0.1) is 9.82 Å². The SMILES string of the molecule is CN1CCN(c2ccc(NS(=O)(=O)c3ccc(Cl)c([N+](=O)[O-])c3)cc2)CC1. The van der Waals surface area contributed by atoms with Crippen LogP contribution in [0.4, 0.5) is 17.1 Å². The summed E-state index contributed by atoms with van der Waals surface area (Å²) in [6, 6.07) is 10.4. The lowest BCUT2D eigenvalue weighted by Crippen LogP contribution is -2.44. The molecule has 0 aliphatic carbocycles. The summed E-state index contributed by atoms with van der Waals surface area (Å²) < 4.78 is 27.5. The van der Waals surface area contributed by atoms with Gasteiger partial charge in [-0.1, -0.05) is 11.6 Å². The molecule has 2 aromatic carbocycles. The third-order valence-corrected chi connectivity index (χ3v) is 6.11. The van der Waals surface area contributed by atoms with Crippen molar-refractivity contribution in [3.63, 3.8) is 0 Å². The minimum atomic E-state index is -3.96. The van der Waals surface area contributed by atoms with Crippen LogP contribution in [0.2, 0.25) is 5.02 Å². The molecule has 0 amide bonds. The Kier molecular flexibility index (Phi) is 5.54. The minimum absolute atomic E-state index is 0.115. The number of nitro benzene ring substituents is 1. The molecule has 0 atom stereocenters. The number of nitro groups is 1. The maximum absolute atomic E-state index is 12.5. The first-order chi connectivity index (χ1) is 12.8. The first kappa shape index (κ1) is 19.4. The Morgan fingerprint density at radius 2 is 1.70 bits per heavy atom. The van der Waals surface area contributed by atoms with Crippen molar-refractivity contribution in [3.8, 4) is 0 Å². The number of nitrogens with zero attached hydrogens (tertiary/aromatic N) is 3. The number of nitrogens with one attached hydrogen (secondary N) is 1. The van der Waals surface area contributed by atoms with Crippen LogP contribution >= 0.6 is 11.6 Å². The quantitative estimate of drug-likeness (QED) is 0.601. The van der Waals surface area contributed by atoms with Gasteiger partial charge in [0.1, 0.15) is 5.02 Å². The predicted octanol–water partition coefficient (Wildman–Crippen LogP) is 2.80. The van der Waals surface area contributed by atoms with Crippen LogP contribution in [0.1, 0.15) is 0 Å². The molecule has 1 aliphatic rings. The van der Waals surface area contributed by atoms with Crippen LogP contribution in [0, 0.1) is 10.1 Å². The van der Waals surface area contributed by atoms with Crippen LogP contribution in [-0.2, 0) is 10.0 Å². The molecule has 1 heterocycles. The molecule has 0 bridgehead atoms. The highest BCUT2D eigenvalue weighted by Crippen LogP contribution is 2.28. The Morgan fingerprint density at radius 3 is 2.30 bits per heavy atom. The molecule has 1 fully saturated rings. The van der Waals surface area contributed by atoms with Crippen molar-refractivity contribution in [3.05, 3.63) is 57.6 Å². The van der Waals surface area contributed by atoms with E-state index >= 15 is 0 Å². The third kappa shape index (κ3) is 4.49. The number of piperazine rings is 1. The van der Waals surface area contributed by atoms with Gasteiger partial charge in [-0.15, -0.1) is 0 Å². The molecule has 0 aromatic heterocycles. The van der Waals surface area contributed by atoms with E-state index in [1.54, 1.807) is 12.1 Å². The van der Waals surface area contributed by atoms with Crippen LogP contribution in [0.5, 0.6) is 0 Å². The molecule has 8 nitrogen and oxygen atoms in total. The van der Waals surface area contributed by atoms with E-state index in [0.717, 1.165) is 37.9 Å². The smallest absolute Gasteiger partial charge is 0.289 e. The molecule has 0 saturated carbocycles. The third-order valence-electron chi connectivity index (χ3n) is 4.41. The number of benzene rings is 2. The van der Waals surface area contributed by atoms with Gasteiger partial charge in [0.15, 0.2) is 0 Å². The van der Waals surface area contributed by atoms with E-state index in [-0.39, 0.29) is 9.92 Å². The van der Waals surface area contributed by atoms with Crippen LogP contribution in [0.3, 0.4) is 0 Å². The van der Waals surface area contributed by atoms with Gasteiger partial charge in [-0.2, -0.15) is 0 Å². The molecule has 0 spiro atoms. The van der Waals surface area contributed by atoms with E-state index in [1.165, 1.54) is 12.1 Å². The van der Waals surface area contributed by atoms with Gasteiger partial charge < -0.3 is 9.80 Å². The van der Waals surface area contributed by atoms with Crippen LogP contribution in [0.15, 0.2) is 47.4 Å². The van der Waals surface area contributed by atoms with E-state index < -0.39 is 20.6 Å². The molecule has 3 rings (SSSR count). The number of anilines is 2. The number of hydrogen-bond donors (Lipinski definition) is 1. The molecule has 144 valence electrons. The minimum Gasteiger partial charge on any atom is -0.369 e. The Bertz CT molecular complexity index is 942. The summed E-state index contributed by atoms with van der Waals surface area (Å²) in [5.74, 6) is 0. The van der Waals surface area contributed by atoms with Crippen molar-refractivity contribution in [2.24, 2.45) is 0 Å². The lowest BCUT2D eigenvalue weighted by molar-refractivity contribution is -0.384. The van der Waals surface area contributed by atoms with Crippen molar-refractivity contribution in [1.82, 2.24) is 4.90 Å². The number of halogens is 1. The molecule has 1 aliphatic heterocycles. The summed E-state index contributed by atoms with van der Waals surface area (Å²) in [6.07, 6.45) is 0. The van der Waals surface area contributed by atoms with E-state index in [0.29, 0.717) is 5.69 Å². The molecule has 1 N–H and O–H groups in total. The number of hydrogen-bond acceptors (Lipinski definition) is 6. The van der Waals surface area contributed by atoms with Crippen molar-refractivity contribution in [2.75, 3.05) is 42.8 Å². The van der Waals surface area contributed by atoms with Gasteiger partial charge in [0, 0.05) is 43.6 Å². The largest absolute Gasteiger partial charge is 0.369 e. The highest BCUT2D eigenvalue weighted by Gasteiger charge is 2.21. The average Bonchev–Trinajstić information content (AvgIpc) is 2.63. The molecule has 1 saturated heterocycles. The summed E-state index contributed by atoms with van der Waals surface area (Å²) in [5, 5.41) is 10.9. The predicted molar refractivity (Wildman–Crippen MR) is 105 cm³/mol. The first-order valence-electron chi connectivity index (χ1n) is 8.26. The van der Waals surface area contributed by atoms with Gasteiger partial charge in [0.25, 0.3) is 15.7 Å². The normalized spacial score (nSPS) is 15.6. The van der Waals surface area contributed by atoms with Crippen LogP contribution < -0.4 is 9.62 Å². The van der Waals surface area contributed by atoms with Gasteiger partial charge in [-0.3, -0.25) is 14.8 Å². The number of likely N-dealkylation sites (N-methyl/N-ethyl adjacent to an activating group) is 1. The Morgan fingerprint density at radius 1 is 1.07 bits per heavy atom.